The van der Waals surface area contributed by atoms with Crippen LogP contribution in [0.15, 0.2) is 0 Å². The molecular formula is C6H12O2. The summed E-state index contributed by atoms with van der Waals surface area (Å²) in [6.45, 7) is 3.57. The van der Waals surface area contributed by atoms with E-state index in [1.807, 2.05) is 6.92 Å². The molecule has 8 heavy (non-hydrogen) atoms. The molecule has 0 aliphatic carbocycles. The Morgan fingerprint density at radius 2 is 2.25 bits per heavy atom. The Morgan fingerprint density at radius 3 is 2.25 bits per heavy atom. The molecule has 0 radical (unpaired) electrons. The Bertz CT molecular complexity index is 74.6. The number of hydrogen-bond acceptors (Lipinski definition) is 2. The van der Waals surface area contributed by atoms with Crippen LogP contribution in [-0.2, 0) is 4.79 Å². The van der Waals surface area contributed by atoms with Gasteiger partial charge in [-0.05, 0) is 6.42 Å². The molecule has 0 fully saturated rings. The first kappa shape index (κ1) is 7.63. The zero-order chi connectivity index (χ0) is 6.62. The first-order valence-corrected chi connectivity index (χ1v) is 2.75. The maximum Gasteiger partial charge on any atom is 0.128 e. The standard InChI is InChI=1S/C6H12O2/c1-3-6(2,4-7)5-8/h4,8H,3,5H2,1-2H3. The van der Waals surface area contributed by atoms with Crippen molar-refractivity contribution in [2.24, 2.45) is 5.41 Å². The normalized spacial score (nSPS) is 17.4. The van der Waals surface area contributed by atoms with Crippen LogP contribution in [0.3, 0.4) is 0 Å². The third kappa shape index (κ3) is 1.62. The van der Waals surface area contributed by atoms with E-state index in [1.165, 1.54) is 0 Å². The highest BCUT2D eigenvalue weighted by Gasteiger charge is 2.18. The van der Waals surface area contributed by atoms with Crippen LogP contribution in [0.25, 0.3) is 0 Å². The minimum absolute atomic E-state index is 0.0486. The molecule has 0 bridgehead atoms. The van der Waals surface area contributed by atoms with Crippen molar-refractivity contribution < 1.29 is 9.90 Å². The van der Waals surface area contributed by atoms with E-state index in [9.17, 15) is 4.79 Å². The number of hydrogen-bond donors (Lipinski definition) is 1. The number of aliphatic hydroxyl groups excluding tert-OH is 1. The molecule has 1 N–H and O–H groups in total. The van der Waals surface area contributed by atoms with E-state index in [0.29, 0.717) is 6.42 Å². The summed E-state index contributed by atoms with van der Waals surface area (Å²) in [4.78, 5) is 10.1. The smallest absolute Gasteiger partial charge is 0.128 e. The van der Waals surface area contributed by atoms with Gasteiger partial charge in [0, 0.05) is 5.41 Å². The second kappa shape index (κ2) is 2.82. The summed E-state index contributed by atoms with van der Waals surface area (Å²) in [5.74, 6) is 0. The van der Waals surface area contributed by atoms with E-state index in [1.54, 1.807) is 6.92 Å². The van der Waals surface area contributed by atoms with Crippen LogP contribution in [0.1, 0.15) is 20.3 Å². The van der Waals surface area contributed by atoms with Crippen molar-refractivity contribution in [2.75, 3.05) is 6.61 Å². The summed E-state index contributed by atoms with van der Waals surface area (Å²) in [6, 6.07) is 0. The highest BCUT2D eigenvalue weighted by Crippen LogP contribution is 2.14. The largest absolute Gasteiger partial charge is 0.395 e. The molecule has 1 atom stereocenters. The summed E-state index contributed by atoms with van der Waals surface area (Å²) in [7, 11) is 0. The van der Waals surface area contributed by atoms with E-state index in [2.05, 4.69) is 0 Å². The Balaban J connectivity index is 3.76. The molecule has 0 rings (SSSR count). The molecule has 0 heterocycles. The summed E-state index contributed by atoms with van der Waals surface area (Å²) >= 11 is 0. The SMILES string of the molecule is CCC(C)(C=O)CO. The zero-order valence-electron chi connectivity index (χ0n) is 5.35. The van der Waals surface area contributed by atoms with Crippen LogP contribution in [0.2, 0.25) is 0 Å². The third-order valence-electron chi connectivity index (χ3n) is 1.45. The van der Waals surface area contributed by atoms with Gasteiger partial charge in [-0.1, -0.05) is 13.8 Å². The summed E-state index contributed by atoms with van der Waals surface area (Å²) in [5.41, 5.74) is -0.500. The van der Waals surface area contributed by atoms with Gasteiger partial charge < -0.3 is 9.90 Å². The first-order chi connectivity index (χ1) is 3.68. The van der Waals surface area contributed by atoms with Crippen LogP contribution < -0.4 is 0 Å². The Hall–Kier alpha value is -0.370. The maximum atomic E-state index is 10.1. The van der Waals surface area contributed by atoms with Crippen LogP contribution in [-0.4, -0.2) is 18.0 Å². The van der Waals surface area contributed by atoms with E-state index < -0.39 is 5.41 Å². The van der Waals surface area contributed by atoms with Gasteiger partial charge in [0.2, 0.25) is 0 Å². The monoisotopic (exact) mass is 116 g/mol. The average molecular weight is 116 g/mol. The fourth-order valence-electron chi connectivity index (χ4n) is 0.232. The van der Waals surface area contributed by atoms with Gasteiger partial charge in [0.15, 0.2) is 0 Å². The molecule has 0 aliphatic rings. The van der Waals surface area contributed by atoms with Gasteiger partial charge in [-0.25, -0.2) is 0 Å². The van der Waals surface area contributed by atoms with Crippen LogP contribution in [0.5, 0.6) is 0 Å². The molecule has 1 unspecified atom stereocenters. The predicted octanol–water partition coefficient (Wildman–Crippen LogP) is 0.594. The zero-order valence-corrected chi connectivity index (χ0v) is 5.35. The predicted molar refractivity (Wildman–Crippen MR) is 31.5 cm³/mol. The second-order valence-electron chi connectivity index (χ2n) is 2.28. The van der Waals surface area contributed by atoms with Gasteiger partial charge in [0.05, 0.1) is 6.61 Å². The average Bonchev–Trinajstić information content (AvgIpc) is 1.87. The van der Waals surface area contributed by atoms with Gasteiger partial charge in [-0.15, -0.1) is 0 Å². The summed E-state index contributed by atoms with van der Waals surface area (Å²) in [6.07, 6.45) is 1.50. The molecule has 0 amide bonds. The maximum absolute atomic E-state index is 10.1. The molecule has 0 aromatic heterocycles. The summed E-state index contributed by atoms with van der Waals surface area (Å²) in [5, 5.41) is 8.55. The molecule has 0 saturated carbocycles. The lowest BCUT2D eigenvalue weighted by atomic mass is 9.91. The van der Waals surface area contributed by atoms with E-state index >= 15 is 0 Å². The Kier molecular flexibility index (Phi) is 2.69. The molecule has 0 aliphatic heterocycles. The van der Waals surface area contributed by atoms with Gasteiger partial charge in [-0.2, -0.15) is 0 Å². The second-order valence-corrected chi connectivity index (χ2v) is 2.28. The highest BCUT2D eigenvalue weighted by atomic mass is 16.3. The summed E-state index contributed by atoms with van der Waals surface area (Å²) < 4.78 is 0. The van der Waals surface area contributed by atoms with Crippen molar-refractivity contribution in [3.63, 3.8) is 0 Å². The number of rotatable bonds is 3. The molecule has 0 aromatic carbocycles. The fourth-order valence-corrected chi connectivity index (χ4v) is 0.232. The minimum Gasteiger partial charge on any atom is -0.395 e. The number of carbonyl (C=O) groups is 1. The quantitative estimate of drug-likeness (QED) is 0.548. The molecule has 0 saturated heterocycles. The van der Waals surface area contributed by atoms with Gasteiger partial charge in [-0.3, -0.25) is 0 Å². The van der Waals surface area contributed by atoms with Gasteiger partial charge in [0.1, 0.15) is 6.29 Å². The Labute approximate surface area is 49.5 Å². The van der Waals surface area contributed by atoms with Crippen molar-refractivity contribution in [3.05, 3.63) is 0 Å². The van der Waals surface area contributed by atoms with Gasteiger partial charge >= 0.3 is 0 Å². The van der Waals surface area contributed by atoms with Crippen molar-refractivity contribution in [2.45, 2.75) is 20.3 Å². The molecule has 2 heteroatoms. The van der Waals surface area contributed by atoms with E-state index in [-0.39, 0.29) is 6.61 Å². The van der Waals surface area contributed by atoms with Crippen LogP contribution in [0, 0.1) is 5.41 Å². The lowest BCUT2D eigenvalue weighted by Crippen LogP contribution is -2.21. The van der Waals surface area contributed by atoms with E-state index in [0.717, 1.165) is 6.29 Å². The minimum atomic E-state index is -0.500. The lowest BCUT2D eigenvalue weighted by Gasteiger charge is -2.15. The molecular weight excluding hydrogens is 104 g/mol. The number of aliphatic hydroxyl groups is 1. The topological polar surface area (TPSA) is 37.3 Å². The van der Waals surface area contributed by atoms with E-state index in [4.69, 9.17) is 5.11 Å². The Morgan fingerprint density at radius 1 is 1.75 bits per heavy atom. The van der Waals surface area contributed by atoms with Crippen LogP contribution in [0.4, 0.5) is 0 Å². The third-order valence-corrected chi connectivity index (χ3v) is 1.45. The molecule has 0 spiro atoms. The molecule has 48 valence electrons. The van der Waals surface area contributed by atoms with Crippen molar-refractivity contribution in [1.82, 2.24) is 0 Å². The molecule has 2 nitrogen and oxygen atoms in total. The number of aldehydes is 1. The van der Waals surface area contributed by atoms with Crippen molar-refractivity contribution in [3.8, 4) is 0 Å². The van der Waals surface area contributed by atoms with Gasteiger partial charge in [0.25, 0.3) is 0 Å². The van der Waals surface area contributed by atoms with Crippen molar-refractivity contribution in [1.29, 1.82) is 0 Å². The highest BCUT2D eigenvalue weighted by molar-refractivity contribution is 5.58. The first-order valence-electron chi connectivity index (χ1n) is 2.75. The fraction of sp³-hybridized carbons (Fsp3) is 0.833. The van der Waals surface area contributed by atoms with Crippen molar-refractivity contribution >= 4 is 6.29 Å². The lowest BCUT2D eigenvalue weighted by molar-refractivity contribution is -0.117. The molecule has 0 aromatic rings. The number of carbonyl (C=O) groups excluding carboxylic acids is 1. The van der Waals surface area contributed by atoms with Crippen LogP contribution >= 0.6 is 0 Å².